The van der Waals surface area contributed by atoms with E-state index >= 15 is 0 Å². The molecule has 1 amide bonds. The highest BCUT2D eigenvalue weighted by atomic mass is 16.2. The molecule has 0 atom stereocenters. The third kappa shape index (κ3) is 3.50. The lowest BCUT2D eigenvalue weighted by Gasteiger charge is -2.19. The standard InChI is InChI=1S/C18H22N2O/c1-13(2)16-5-4-6-17(11-16)20(3)18(21)15-9-7-14(12-19)8-10-15/h4-11,13H,12,19H2,1-3H3. The topological polar surface area (TPSA) is 46.3 Å². The van der Waals surface area contributed by atoms with Gasteiger partial charge in [0.2, 0.25) is 0 Å². The van der Waals surface area contributed by atoms with Gasteiger partial charge in [0.15, 0.2) is 0 Å². The number of nitrogens with two attached hydrogens (primary N) is 1. The minimum atomic E-state index is -0.0144. The van der Waals surface area contributed by atoms with Gasteiger partial charge in [0, 0.05) is 24.8 Å². The van der Waals surface area contributed by atoms with E-state index in [2.05, 4.69) is 26.0 Å². The minimum absolute atomic E-state index is 0.0144. The molecule has 2 aromatic rings. The van der Waals surface area contributed by atoms with Crippen LogP contribution in [0.5, 0.6) is 0 Å². The summed E-state index contributed by atoms with van der Waals surface area (Å²) in [6.07, 6.45) is 0. The van der Waals surface area contributed by atoms with Crippen molar-refractivity contribution in [3.63, 3.8) is 0 Å². The first-order valence-electron chi connectivity index (χ1n) is 7.20. The molecule has 0 unspecified atom stereocenters. The normalized spacial score (nSPS) is 10.7. The zero-order valence-electron chi connectivity index (χ0n) is 12.8. The van der Waals surface area contributed by atoms with Crippen molar-refractivity contribution in [1.29, 1.82) is 0 Å². The van der Waals surface area contributed by atoms with Crippen LogP contribution in [0.3, 0.4) is 0 Å². The molecule has 0 fully saturated rings. The molecule has 0 saturated heterocycles. The summed E-state index contributed by atoms with van der Waals surface area (Å²) in [4.78, 5) is 14.2. The monoisotopic (exact) mass is 282 g/mol. The zero-order valence-corrected chi connectivity index (χ0v) is 12.8. The fourth-order valence-corrected chi connectivity index (χ4v) is 2.19. The average Bonchev–Trinajstić information content (AvgIpc) is 2.53. The van der Waals surface area contributed by atoms with Crippen LogP contribution in [0.25, 0.3) is 0 Å². The number of benzene rings is 2. The lowest BCUT2D eigenvalue weighted by molar-refractivity contribution is 0.0993. The third-order valence-corrected chi connectivity index (χ3v) is 3.67. The number of carbonyl (C=O) groups is 1. The zero-order chi connectivity index (χ0) is 15.4. The predicted octanol–water partition coefficient (Wildman–Crippen LogP) is 3.55. The van der Waals surface area contributed by atoms with Crippen LogP contribution >= 0.6 is 0 Å². The van der Waals surface area contributed by atoms with Crippen LogP contribution in [0.15, 0.2) is 48.5 Å². The minimum Gasteiger partial charge on any atom is -0.326 e. The molecule has 0 aliphatic rings. The van der Waals surface area contributed by atoms with E-state index in [0.29, 0.717) is 18.0 Å². The quantitative estimate of drug-likeness (QED) is 0.932. The first kappa shape index (κ1) is 15.3. The van der Waals surface area contributed by atoms with Crippen molar-refractivity contribution in [1.82, 2.24) is 0 Å². The van der Waals surface area contributed by atoms with Crippen LogP contribution in [-0.4, -0.2) is 13.0 Å². The smallest absolute Gasteiger partial charge is 0.258 e. The summed E-state index contributed by atoms with van der Waals surface area (Å²) in [6, 6.07) is 15.5. The van der Waals surface area contributed by atoms with E-state index in [1.807, 2.05) is 36.4 Å². The van der Waals surface area contributed by atoms with Crippen LogP contribution < -0.4 is 10.6 Å². The first-order chi connectivity index (χ1) is 10.0. The second-order valence-corrected chi connectivity index (χ2v) is 5.51. The fraction of sp³-hybridized carbons (Fsp3) is 0.278. The Kier molecular flexibility index (Phi) is 4.76. The maximum atomic E-state index is 12.5. The number of anilines is 1. The Bertz CT molecular complexity index is 617. The van der Waals surface area contributed by atoms with E-state index < -0.39 is 0 Å². The number of hydrogen-bond acceptors (Lipinski definition) is 2. The summed E-state index contributed by atoms with van der Waals surface area (Å²) < 4.78 is 0. The van der Waals surface area contributed by atoms with E-state index in [0.717, 1.165) is 11.3 Å². The van der Waals surface area contributed by atoms with Gasteiger partial charge in [-0.2, -0.15) is 0 Å². The summed E-state index contributed by atoms with van der Waals surface area (Å²) in [7, 11) is 1.80. The molecule has 3 heteroatoms. The lowest BCUT2D eigenvalue weighted by Crippen LogP contribution is -2.26. The number of nitrogens with zero attached hydrogens (tertiary/aromatic N) is 1. The van der Waals surface area contributed by atoms with Crippen molar-refractivity contribution < 1.29 is 4.79 Å². The molecule has 2 N–H and O–H groups in total. The first-order valence-corrected chi connectivity index (χ1v) is 7.20. The summed E-state index contributed by atoms with van der Waals surface area (Å²) in [5.41, 5.74) is 9.41. The number of carbonyl (C=O) groups excluding carboxylic acids is 1. The van der Waals surface area contributed by atoms with Crippen LogP contribution in [-0.2, 0) is 6.54 Å². The second-order valence-electron chi connectivity index (χ2n) is 5.51. The second kappa shape index (κ2) is 6.55. The van der Waals surface area contributed by atoms with Gasteiger partial charge in [-0.05, 0) is 41.3 Å². The highest BCUT2D eigenvalue weighted by Gasteiger charge is 2.14. The molecule has 0 aliphatic carbocycles. The van der Waals surface area contributed by atoms with Crippen molar-refractivity contribution in [2.75, 3.05) is 11.9 Å². The Hall–Kier alpha value is -2.13. The number of rotatable bonds is 4. The molecule has 2 rings (SSSR count). The van der Waals surface area contributed by atoms with E-state index in [-0.39, 0.29) is 5.91 Å². The maximum absolute atomic E-state index is 12.5. The molecule has 21 heavy (non-hydrogen) atoms. The SMILES string of the molecule is CC(C)c1cccc(N(C)C(=O)c2ccc(CN)cc2)c1. The Morgan fingerprint density at radius 3 is 2.38 bits per heavy atom. The summed E-state index contributed by atoms with van der Waals surface area (Å²) >= 11 is 0. The van der Waals surface area contributed by atoms with Gasteiger partial charge in [-0.15, -0.1) is 0 Å². The molecule has 0 heterocycles. The molecule has 0 radical (unpaired) electrons. The molecule has 0 aromatic heterocycles. The third-order valence-electron chi connectivity index (χ3n) is 3.67. The van der Waals surface area contributed by atoms with Gasteiger partial charge in [-0.25, -0.2) is 0 Å². The largest absolute Gasteiger partial charge is 0.326 e. The van der Waals surface area contributed by atoms with Gasteiger partial charge in [0.25, 0.3) is 5.91 Å². The molecule has 2 aromatic carbocycles. The Morgan fingerprint density at radius 1 is 1.14 bits per heavy atom. The maximum Gasteiger partial charge on any atom is 0.258 e. The van der Waals surface area contributed by atoms with E-state index in [9.17, 15) is 4.79 Å². The Labute approximate surface area is 126 Å². The molecular weight excluding hydrogens is 260 g/mol. The van der Waals surface area contributed by atoms with Gasteiger partial charge in [-0.3, -0.25) is 4.79 Å². The van der Waals surface area contributed by atoms with E-state index in [1.165, 1.54) is 5.56 Å². The summed E-state index contributed by atoms with van der Waals surface area (Å²) in [6.45, 7) is 4.78. The Balaban J connectivity index is 2.23. The van der Waals surface area contributed by atoms with Crippen molar-refractivity contribution in [3.05, 3.63) is 65.2 Å². The highest BCUT2D eigenvalue weighted by Crippen LogP contribution is 2.22. The van der Waals surface area contributed by atoms with Crippen molar-refractivity contribution >= 4 is 11.6 Å². The molecule has 3 nitrogen and oxygen atoms in total. The van der Waals surface area contributed by atoms with E-state index in [4.69, 9.17) is 5.73 Å². The van der Waals surface area contributed by atoms with Gasteiger partial charge in [0.1, 0.15) is 0 Å². The van der Waals surface area contributed by atoms with Crippen LogP contribution in [0, 0.1) is 0 Å². The molecule has 0 aliphatic heterocycles. The molecule has 110 valence electrons. The predicted molar refractivity (Wildman–Crippen MR) is 87.6 cm³/mol. The highest BCUT2D eigenvalue weighted by molar-refractivity contribution is 6.05. The number of hydrogen-bond donors (Lipinski definition) is 1. The van der Waals surface area contributed by atoms with Crippen molar-refractivity contribution in [3.8, 4) is 0 Å². The van der Waals surface area contributed by atoms with E-state index in [1.54, 1.807) is 11.9 Å². The van der Waals surface area contributed by atoms with Gasteiger partial charge in [0.05, 0.1) is 0 Å². The fourth-order valence-electron chi connectivity index (χ4n) is 2.19. The van der Waals surface area contributed by atoms with Crippen LogP contribution in [0.1, 0.15) is 41.3 Å². The number of amides is 1. The van der Waals surface area contributed by atoms with Gasteiger partial charge >= 0.3 is 0 Å². The summed E-state index contributed by atoms with van der Waals surface area (Å²) in [5, 5.41) is 0. The molecule has 0 spiro atoms. The van der Waals surface area contributed by atoms with Crippen LogP contribution in [0.2, 0.25) is 0 Å². The lowest BCUT2D eigenvalue weighted by atomic mass is 10.0. The molecule has 0 saturated carbocycles. The Morgan fingerprint density at radius 2 is 1.81 bits per heavy atom. The van der Waals surface area contributed by atoms with Crippen molar-refractivity contribution in [2.24, 2.45) is 5.73 Å². The van der Waals surface area contributed by atoms with Crippen molar-refractivity contribution in [2.45, 2.75) is 26.3 Å². The van der Waals surface area contributed by atoms with Gasteiger partial charge in [-0.1, -0.05) is 38.1 Å². The molecular formula is C18H22N2O. The molecule has 0 bridgehead atoms. The van der Waals surface area contributed by atoms with Crippen LogP contribution in [0.4, 0.5) is 5.69 Å². The average molecular weight is 282 g/mol. The summed E-state index contributed by atoms with van der Waals surface area (Å²) in [5.74, 6) is 0.428. The van der Waals surface area contributed by atoms with Gasteiger partial charge < -0.3 is 10.6 Å².